The van der Waals surface area contributed by atoms with Gasteiger partial charge in [-0.05, 0) is 36.4 Å². The summed E-state index contributed by atoms with van der Waals surface area (Å²) in [4.78, 5) is 27.8. The van der Waals surface area contributed by atoms with Crippen LogP contribution in [0.3, 0.4) is 0 Å². The monoisotopic (exact) mass is 435 g/mol. The molecule has 4 rings (SSSR count). The highest BCUT2D eigenvalue weighted by molar-refractivity contribution is 7.14. The van der Waals surface area contributed by atoms with Crippen molar-refractivity contribution in [3.8, 4) is 16.9 Å². The van der Waals surface area contributed by atoms with Gasteiger partial charge in [-0.3, -0.25) is 9.59 Å². The first-order chi connectivity index (χ1) is 15.0. The highest BCUT2D eigenvalue weighted by atomic mass is 32.1. The second kappa shape index (κ2) is 8.88. The fourth-order valence-electron chi connectivity index (χ4n) is 2.95. The minimum absolute atomic E-state index is 0.200. The maximum absolute atomic E-state index is 13.4. The van der Waals surface area contributed by atoms with Crippen molar-refractivity contribution in [1.29, 1.82) is 0 Å². The predicted molar refractivity (Wildman–Crippen MR) is 117 cm³/mol. The molecule has 31 heavy (non-hydrogen) atoms. The first kappa shape index (κ1) is 20.4. The van der Waals surface area contributed by atoms with E-state index in [0.717, 1.165) is 16.8 Å². The number of hydrogen-bond donors (Lipinski definition) is 2. The highest BCUT2D eigenvalue weighted by Gasteiger charge is 2.16. The fourth-order valence-corrected chi connectivity index (χ4v) is 3.69. The smallest absolute Gasteiger partial charge is 0.271 e. The molecule has 0 unspecified atom stereocenters. The zero-order chi connectivity index (χ0) is 21.8. The first-order valence-corrected chi connectivity index (χ1v) is 10.3. The Morgan fingerprint density at radius 3 is 2.55 bits per heavy atom. The number of aromatic nitrogens is 3. The number of anilines is 1. The van der Waals surface area contributed by atoms with Crippen LogP contribution in [-0.2, 0) is 11.3 Å². The minimum atomic E-state index is -0.370. The zero-order valence-corrected chi connectivity index (χ0v) is 17.3. The van der Waals surface area contributed by atoms with Crippen LogP contribution in [0.1, 0.15) is 23.0 Å². The van der Waals surface area contributed by atoms with Gasteiger partial charge in [0.1, 0.15) is 11.5 Å². The molecule has 0 atom stereocenters. The van der Waals surface area contributed by atoms with Crippen molar-refractivity contribution in [1.82, 2.24) is 20.1 Å². The van der Waals surface area contributed by atoms with Gasteiger partial charge >= 0.3 is 0 Å². The number of nitrogens with one attached hydrogen (secondary N) is 2. The van der Waals surface area contributed by atoms with Gasteiger partial charge < -0.3 is 10.6 Å². The second-order valence-corrected chi connectivity index (χ2v) is 7.55. The maximum atomic E-state index is 13.4. The lowest BCUT2D eigenvalue weighted by atomic mass is 10.1. The number of halogens is 1. The van der Waals surface area contributed by atoms with Gasteiger partial charge in [0.15, 0.2) is 5.13 Å². The Kier molecular flexibility index (Phi) is 5.85. The number of hydrogen-bond acceptors (Lipinski definition) is 5. The Hall–Kier alpha value is -3.85. The van der Waals surface area contributed by atoms with Crippen LogP contribution in [0.2, 0.25) is 0 Å². The summed E-state index contributed by atoms with van der Waals surface area (Å²) in [6, 6.07) is 15.6. The molecule has 0 fully saturated rings. The molecular weight excluding hydrogens is 417 g/mol. The van der Waals surface area contributed by atoms with Gasteiger partial charge in [0.25, 0.3) is 5.91 Å². The van der Waals surface area contributed by atoms with Gasteiger partial charge in [-0.2, -0.15) is 5.10 Å². The largest absolute Gasteiger partial charge is 0.346 e. The lowest BCUT2D eigenvalue weighted by Crippen LogP contribution is -2.23. The normalized spacial score (nSPS) is 10.6. The quantitative estimate of drug-likeness (QED) is 0.479. The molecule has 2 aromatic carbocycles. The molecular formula is C22H18FN5O2S. The first-order valence-electron chi connectivity index (χ1n) is 9.41. The fraction of sp³-hybridized carbons (Fsp3) is 0.0909. The van der Waals surface area contributed by atoms with Crippen molar-refractivity contribution in [2.45, 2.75) is 13.5 Å². The van der Waals surface area contributed by atoms with Crippen LogP contribution >= 0.6 is 11.3 Å². The molecule has 0 saturated heterocycles. The summed E-state index contributed by atoms with van der Waals surface area (Å²) in [6.45, 7) is 1.58. The van der Waals surface area contributed by atoms with Crippen molar-refractivity contribution >= 4 is 28.3 Å². The van der Waals surface area contributed by atoms with Crippen molar-refractivity contribution < 1.29 is 14.0 Å². The summed E-state index contributed by atoms with van der Waals surface area (Å²) >= 11 is 1.17. The van der Waals surface area contributed by atoms with E-state index in [1.165, 1.54) is 30.4 Å². The van der Waals surface area contributed by atoms with Crippen LogP contribution in [0.25, 0.3) is 16.9 Å². The maximum Gasteiger partial charge on any atom is 0.271 e. The van der Waals surface area contributed by atoms with E-state index < -0.39 is 0 Å². The van der Waals surface area contributed by atoms with E-state index >= 15 is 0 Å². The number of thiazole rings is 1. The summed E-state index contributed by atoms with van der Waals surface area (Å²) in [5, 5.41) is 12.0. The van der Waals surface area contributed by atoms with Gasteiger partial charge in [0, 0.05) is 36.2 Å². The van der Waals surface area contributed by atoms with Crippen LogP contribution in [0.15, 0.2) is 66.2 Å². The number of carbonyl (C=O) groups excluding carboxylic acids is 2. The Morgan fingerprint density at radius 1 is 1.10 bits per heavy atom. The number of nitrogens with zero attached hydrogens (tertiary/aromatic N) is 3. The Bertz CT molecular complexity index is 1220. The van der Waals surface area contributed by atoms with Crippen molar-refractivity contribution in [3.05, 3.63) is 83.2 Å². The summed E-state index contributed by atoms with van der Waals surface area (Å²) in [5.74, 6) is -0.955. The molecule has 0 radical (unpaired) electrons. The summed E-state index contributed by atoms with van der Waals surface area (Å²) in [7, 11) is 0. The average Bonchev–Trinajstić information content (AvgIpc) is 3.40. The summed E-state index contributed by atoms with van der Waals surface area (Å²) in [5.41, 5.74) is 3.22. The van der Waals surface area contributed by atoms with Crippen LogP contribution < -0.4 is 10.6 Å². The predicted octanol–water partition coefficient (Wildman–Crippen LogP) is 4.02. The third-order valence-corrected chi connectivity index (χ3v) is 5.15. The molecule has 2 heterocycles. The molecule has 4 aromatic rings. The molecule has 0 aliphatic rings. The molecule has 9 heteroatoms. The Balaban J connectivity index is 1.58. The minimum Gasteiger partial charge on any atom is -0.346 e. The number of benzene rings is 2. The van der Waals surface area contributed by atoms with E-state index in [2.05, 4.69) is 20.7 Å². The number of rotatable bonds is 6. The standard InChI is InChI=1S/C22H18FN5O2S/c1-14(29)25-22-26-19(13-31-22)21(30)24-11-16-12-28(18-5-3-2-4-6-18)27-20(16)15-7-9-17(23)10-8-15/h2-10,12-13H,11H2,1H3,(H,24,30)(H,25,26,29). The molecule has 7 nitrogen and oxygen atoms in total. The molecule has 2 N–H and O–H groups in total. The van der Waals surface area contributed by atoms with Gasteiger partial charge in [-0.15, -0.1) is 11.3 Å². The Morgan fingerprint density at radius 2 is 1.84 bits per heavy atom. The van der Waals surface area contributed by atoms with Gasteiger partial charge in [-0.25, -0.2) is 14.1 Å². The van der Waals surface area contributed by atoms with Crippen LogP contribution in [-0.4, -0.2) is 26.6 Å². The molecule has 0 aliphatic carbocycles. The van der Waals surface area contributed by atoms with Crippen LogP contribution in [0.5, 0.6) is 0 Å². The van der Waals surface area contributed by atoms with E-state index in [1.807, 2.05) is 36.5 Å². The van der Waals surface area contributed by atoms with Crippen LogP contribution in [0.4, 0.5) is 9.52 Å². The average molecular weight is 435 g/mol. The van der Waals surface area contributed by atoms with E-state index in [4.69, 9.17) is 0 Å². The molecule has 0 spiro atoms. The number of amides is 2. The van der Waals surface area contributed by atoms with Gasteiger partial charge in [0.2, 0.25) is 5.91 Å². The lowest BCUT2D eigenvalue weighted by Gasteiger charge is -2.04. The van der Waals surface area contributed by atoms with Crippen molar-refractivity contribution in [2.24, 2.45) is 0 Å². The van der Waals surface area contributed by atoms with E-state index in [9.17, 15) is 14.0 Å². The third kappa shape index (κ3) is 4.84. The van der Waals surface area contributed by atoms with E-state index in [1.54, 1.807) is 22.2 Å². The Labute approximate surface area is 181 Å². The SMILES string of the molecule is CC(=O)Nc1nc(C(=O)NCc2cn(-c3ccccc3)nc2-c2ccc(F)cc2)cs1. The molecule has 0 bridgehead atoms. The molecule has 0 aliphatic heterocycles. The third-order valence-electron chi connectivity index (χ3n) is 4.39. The van der Waals surface area contributed by atoms with Gasteiger partial charge in [-0.1, -0.05) is 18.2 Å². The second-order valence-electron chi connectivity index (χ2n) is 6.69. The van der Waals surface area contributed by atoms with Crippen molar-refractivity contribution in [3.63, 3.8) is 0 Å². The van der Waals surface area contributed by atoms with E-state index in [0.29, 0.717) is 10.8 Å². The molecule has 2 aromatic heterocycles. The number of para-hydroxylation sites is 1. The van der Waals surface area contributed by atoms with Crippen LogP contribution in [0, 0.1) is 5.82 Å². The van der Waals surface area contributed by atoms with Gasteiger partial charge in [0.05, 0.1) is 11.4 Å². The number of carbonyl (C=O) groups is 2. The highest BCUT2D eigenvalue weighted by Crippen LogP contribution is 2.24. The summed E-state index contributed by atoms with van der Waals surface area (Å²) in [6.07, 6.45) is 1.83. The summed E-state index contributed by atoms with van der Waals surface area (Å²) < 4.78 is 15.1. The zero-order valence-electron chi connectivity index (χ0n) is 16.5. The topological polar surface area (TPSA) is 88.9 Å². The molecule has 2 amide bonds. The molecule has 156 valence electrons. The lowest BCUT2D eigenvalue weighted by molar-refractivity contribution is -0.114. The van der Waals surface area contributed by atoms with Crippen molar-refractivity contribution in [2.75, 3.05) is 5.32 Å². The molecule has 0 saturated carbocycles. The van der Waals surface area contributed by atoms with E-state index in [-0.39, 0.29) is 29.9 Å².